The molecule has 0 spiro atoms. The molecule has 28 heavy (non-hydrogen) atoms. The van der Waals surface area contributed by atoms with E-state index in [0.29, 0.717) is 13.1 Å². The normalized spacial score (nSPS) is 14.8. The lowest BCUT2D eigenvalue weighted by Gasteiger charge is -2.27. The summed E-state index contributed by atoms with van der Waals surface area (Å²) in [4.78, 5) is 14.5. The Morgan fingerprint density at radius 1 is 1.14 bits per heavy atom. The van der Waals surface area contributed by atoms with Crippen molar-refractivity contribution in [2.45, 2.75) is 39.9 Å². The number of nitrogens with zero attached hydrogens (tertiary/aromatic N) is 3. The Morgan fingerprint density at radius 3 is 2.61 bits per heavy atom. The van der Waals surface area contributed by atoms with E-state index >= 15 is 0 Å². The van der Waals surface area contributed by atoms with Gasteiger partial charge in [-0.2, -0.15) is 5.10 Å². The van der Waals surface area contributed by atoms with Gasteiger partial charge in [0.05, 0.1) is 18.9 Å². The maximum absolute atomic E-state index is 12.1. The smallest absolute Gasteiger partial charge is 0.315 e. The zero-order valence-corrected chi connectivity index (χ0v) is 16.9. The molecule has 152 valence electrons. The molecule has 7 nitrogen and oxygen atoms in total. The summed E-state index contributed by atoms with van der Waals surface area (Å²) in [6, 6.07) is 10.2. The summed E-state index contributed by atoms with van der Waals surface area (Å²) in [5, 5.41) is 10.3. The number of ether oxygens (including phenoxy) is 1. The number of aromatic nitrogens is 2. The van der Waals surface area contributed by atoms with Crippen LogP contribution in [0.25, 0.3) is 0 Å². The maximum atomic E-state index is 12.1. The minimum atomic E-state index is -0.130. The first-order chi connectivity index (χ1) is 13.6. The monoisotopic (exact) mass is 385 g/mol. The molecule has 2 heterocycles. The van der Waals surface area contributed by atoms with Crippen LogP contribution in [0.15, 0.2) is 30.3 Å². The van der Waals surface area contributed by atoms with Gasteiger partial charge in [-0.15, -0.1) is 0 Å². The molecule has 1 aromatic carbocycles. The van der Waals surface area contributed by atoms with Gasteiger partial charge >= 0.3 is 6.03 Å². The summed E-state index contributed by atoms with van der Waals surface area (Å²) in [6.07, 6.45) is 0.850. The molecule has 1 aromatic heterocycles. The first-order valence-corrected chi connectivity index (χ1v) is 10.0. The van der Waals surface area contributed by atoms with Crippen LogP contribution in [0.2, 0.25) is 0 Å². The minimum Gasteiger partial charge on any atom is -0.379 e. The van der Waals surface area contributed by atoms with Crippen LogP contribution in [0.1, 0.15) is 28.9 Å². The molecule has 2 aromatic rings. The number of hydrogen-bond acceptors (Lipinski definition) is 4. The molecule has 0 unspecified atom stereocenters. The van der Waals surface area contributed by atoms with Crippen molar-refractivity contribution in [3.05, 3.63) is 52.8 Å². The van der Waals surface area contributed by atoms with Gasteiger partial charge in [0.25, 0.3) is 0 Å². The molecule has 1 aliphatic heterocycles. The Balaban J connectivity index is 1.40. The SMILES string of the molecule is Cc1cc(C)n(CCCNC(=O)NCc2ccccc2CN2CCOCC2)n1. The highest BCUT2D eigenvalue weighted by Gasteiger charge is 2.13. The van der Waals surface area contributed by atoms with E-state index < -0.39 is 0 Å². The average molecular weight is 386 g/mol. The van der Waals surface area contributed by atoms with Crippen LogP contribution in [0.4, 0.5) is 4.79 Å². The second kappa shape index (κ2) is 10.2. The summed E-state index contributed by atoms with van der Waals surface area (Å²) in [5.74, 6) is 0. The number of nitrogens with one attached hydrogen (secondary N) is 2. The molecule has 3 rings (SSSR count). The molecule has 2 amide bonds. The first-order valence-electron chi connectivity index (χ1n) is 10.0. The molecule has 1 aliphatic rings. The minimum absolute atomic E-state index is 0.130. The topological polar surface area (TPSA) is 71.4 Å². The fourth-order valence-corrected chi connectivity index (χ4v) is 3.45. The average Bonchev–Trinajstić information content (AvgIpc) is 3.02. The van der Waals surface area contributed by atoms with Gasteiger partial charge in [0, 0.05) is 45.0 Å². The number of hydrogen-bond donors (Lipinski definition) is 2. The van der Waals surface area contributed by atoms with Gasteiger partial charge in [0.2, 0.25) is 0 Å². The number of urea groups is 1. The van der Waals surface area contributed by atoms with Crippen LogP contribution in [-0.4, -0.2) is 53.6 Å². The van der Waals surface area contributed by atoms with Crippen LogP contribution in [0.3, 0.4) is 0 Å². The molecule has 0 atom stereocenters. The van der Waals surface area contributed by atoms with E-state index in [1.54, 1.807) is 0 Å². The Labute approximate surface area is 167 Å². The van der Waals surface area contributed by atoms with Crippen molar-refractivity contribution in [1.29, 1.82) is 0 Å². The second-order valence-corrected chi connectivity index (χ2v) is 7.27. The molecule has 7 heteroatoms. The Hall–Kier alpha value is -2.38. The van der Waals surface area contributed by atoms with Gasteiger partial charge in [-0.3, -0.25) is 9.58 Å². The van der Waals surface area contributed by atoms with Crippen molar-refractivity contribution in [3.63, 3.8) is 0 Å². The number of carbonyl (C=O) groups is 1. The summed E-state index contributed by atoms with van der Waals surface area (Å²) >= 11 is 0. The summed E-state index contributed by atoms with van der Waals surface area (Å²) < 4.78 is 7.40. The Kier molecular flexibility index (Phi) is 7.45. The van der Waals surface area contributed by atoms with Gasteiger partial charge in [-0.1, -0.05) is 24.3 Å². The van der Waals surface area contributed by atoms with Gasteiger partial charge in [0.15, 0.2) is 0 Å². The zero-order valence-electron chi connectivity index (χ0n) is 16.9. The van der Waals surface area contributed by atoms with Gasteiger partial charge in [-0.05, 0) is 37.5 Å². The summed E-state index contributed by atoms with van der Waals surface area (Å²) in [6.45, 7) is 10.4. The Morgan fingerprint density at radius 2 is 1.89 bits per heavy atom. The molecular weight excluding hydrogens is 354 g/mol. The lowest BCUT2D eigenvalue weighted by Crippen LogP contribution is -2.37. The highest BCUT2D eigenvalue weighted by Crippen LogP contribution is 2.13. The fourth-order valence-electron chi connectivity index (χ4n) is 3.45. The molecule has 0 radical (unpaired) electrons. The number of carbonyl (C=O) groups excluding carboxylic acids is 1. The summed E-state index contributed by atoms with van der Waals surface area (Å²) in [5.41, 5.74) is 4.60. The van der Waals surface area contributed by atoms with Crippen molar-refractivity contribution in [1.82, 2.24) is 25.3 Å². The zero-order chi connectivity index (χ0) is 19.8. The van der Waals surface area contributed by atoms with E-state index in [-0.39, 0.29) is 6.03 Å². The molecule has 0 bridgehead atoms. The molecule has 2 N–H and O–H groups in total. The van der Waals surface area contributed by atoms with Crippen LogP contribution in [-0.2, 0) is 24.4 Å². The third-order valence-electron chi connectivity index (χ3n) is 4.99. The number of rotatable bonds is 8. The predicted octanol–water partition coefficient (Wildman–Crippen LogP) is 2.22. The van der Waals surface area contributed by atoms with Crippen LogP contribution >= 0.6 is 0 Å². The van der Waals surface area contributed by atoms with Crippen molar-refractivity contribution >= 4 is 6.03 Å². The lowest BCUT2D eigenvalue weighted by atomic mass is 10.1. The number of morpholine rings is 1. The maximum Gasteiger partial charge on any atom is 0.315 e. The van der Waals surface area contributed by atoms with Crippen molar-refractivity contribution in [2.75, 3.05) is 32.8 Å². The highest BCUT2D eigenvalue weighted by molar-refractivity contribution is 5.73. The number of aryl methyl sites for hydroxylation is 3. The van der Waals surface area contributed by atoms with E-state index in [0.717, 1.165) is 62.8 Å². The van der Waals surface area contributed by atoms with E-state index in [4.69, 9.17) is 4.74 Å². The summed E-state index contributed by atoms with van der Waals surface area (Å²) in [7, 11) is 0. The lowest BCUT2D eigenvalue weighted by molar-refractivity contribution is 0.0341. The molecule has 0 aliphatic carbocycles. The third-order valence-corrected chi connectivity index (χ3v) is 4.99. The quantitative estimate of drug-likeness (QED) is 0.684. The predicted molar refractivity (Wildman–Crippen MR) is 109 cm³/mol. The van der Waals surface area contributed by atoms with Gasteiger partial charge < -0.3 is 15.4 Å². The van der Waals surface area contributed by atoms with E-state index in [2.05, 4.69) is 51.8 Å². The Bertz CT molecular complexity index is 768. The highest BCUT2D eigenvalue weighted by atomic mass is 16.5. The molecular formula is C21H31N5O2. The third kappa shape index (κ3) is 6.07. The van der Waals surface area contributed by atoms with Crippen LogP contribution in [0, 0.1) is 13.8 Å². The molecule has 1 fully saturated rings. The molecule has 0 saturated carbocycles. The van der Waals surface area contributed by atoms with Crippen molar-refractivity contribution in [2.24, 2.45) is 0 Å². The van der Waals surface area contributed by atoms with Crippen LogP contribution in [0.5, 0.6) is 0 Å². The first kappa shape index (κ1) is 20.4. The van der Waals surface area contributed by atoms with Crippen LogP contribution < -0.4 is 10.6 Å². The van der Waals surface area contributed by atoms with Gasteiger partial charge in [0.1, 0.15) is 0 Å². The van der Waals surface area contributed by atoms with E-state index in [1.165, 1.54) is 5.56 Å². The standard InChI is InChI=1S/C21H31N5O2/c1-17-14-18(2)26(24-17)9-5-8-22-21(27)23-15-19-6-3-4-7-20(19)16-25-10-12-28-13-11-25/h3-4,6-7,14H,5,8-13,15-16H2,1-2H3,(H2,22,23,27). The number of benzene rings is 1. The van der Waals surface area contributed by atoms with Gasteiger partial charge in [-0.25, -0.2) is 4.79 Å². The molecule has 1 saturated heterocycles. The van der Waals surface area contributed by atoms with Crippen molar-refractivity contribution in [3.8, 4) is 0 Å². The van der Waals surface area contributed by atoms with Crippen molar-refractivity contribution < 1.29 is 9.53 Å². The fraction of sp³-hybridized carbons (Fsp3) is 0.524. The van der Waals surface area contributed by atoms with E-state index in [9.17, 15) is 4.79 Å². The second-order valence-electron chi connectivity index (χ2n) is 7.27. The largest absolute Gasteiger partial charge is 0.379 e. The van der Waals surface area contributed by atoms with E-state index in [1.807, 2.05) is 17.7 Å². The number of amides is 2.